The fourth-order valence-corrected chi connectivity index (χ4v) is 4.12. The van der Waals surface area contributed by atoms with Crippen molar-refractivity contribution >= 4 is 23.6 Å². The molecule has 4 nitrogen and oxygen atoms in total. The molecule has 1 fully saturated rings. The standard InChI is InChI=1S/C18H25NO3S/c1-12(2)16(23-11-13-6-4-3-5-7-13)17(20)19-15-9-8-14(10-15)18(21)22/h3-7,12,14-16H,8-11H2,1-2H3,(H,19,20)(H,21,22)/t14-,15+,16?/m0/s1. The first-order valence-electron chi connectivity index (χ1n) is 8.16. The van der Waals surface area contributed by atoms with E-state index in [0.717, 1.165) is 12.2 Å². The maximum absolute atomic E-state index is 12.6. The van der Waals surface area contributed by atoms with Crippen LogP contribution >= 0.6 is 11.8 Å². The van der Waals surface area contributed by atoms with Crippen molar-refractivity contribution in [2.75, 3.05) is 0 Å². The molecule has 0 radical (unpaired) electrons. The zero-order chi connectivity index (χ0) is 16.8. The van der Waals surface area contributed by atoms with Gasteiger partial charge in [-0.3, -0.25) is 9.59 Å². The van der Waals surface area contributed by atoms with Gasteiger partial charge in [-0.1, -0.05) is 44.2 Å². The molecule has 3 atom stereocenters. The Labute approximate surface area is 142 Å². The summed E-state index contributed by atoms with van der Waals surface area (Å²) in [5, 5.41) is 12.0. The molecule has 5 heteroatoms. The molecule has 1 aromatic rings. The van der Waals surface area contributed by atoms with E-state index in [4.69, 9.17) is 5.11 Å². The van der Waals surface area contributed by atoms with Gasteiger partial charge in [0, 0.05) is 11.8 Å². The maximum Gasteiger partial charge on any atom is 0.306 e. The van der Waals surface area contributed by atoms with E-state index in [0.29, 0.717) is 12.8 Å². The van der Waals surface area contributed by atoms with Crippen LogP contribution in [-0.4, -0.2) is 28.3 Å². The molecule has 1 saturated carbocycles. The number of thioether (sulfide) groups is 1. The molecular formula is C18H25NO3S. The van der Waals surface area contributed by atoms with Gasteiger partial charge in [-0.25, -0.2) is 0 Å². The Hall–Kier alpha value is -1.49. The number of carbonyl (C=O) groups excluding carboxylic acids is 1. The van der Waals surface area contributed by atoms with Crippen LogP contribution in [0.1, 0.15) is 38.7 Å². The highest BCUT2D eigenvalue weighted by Gasteiger charge is 2.32. The van der Waals surface area contributed by atoms with E-state index in [1.54, 1.807) is 11.8 Å². The van der Waals surface area contributed by atoms with Crippen molar-refractivity contribution in [3.63, 3.8) is 0 Å². The van der Waals surface area contributed by atoms with Gasteiger partial charge in [0.15, 0.2) is 0 Å². The van der Waals surface area contributed by atoms with E-state index in [9.17, 15) is 9.59 Å². The SMILES string of the molecule is CC(C)C(SCc1ccccc1)C(=O)N[C@@H]1CC[C@H](C(=O)O)C1. The number of nitrogens with one attached hydrogen (secondary N) is 1. The Balaban J connectivity index is 1.87. The molecule has 1 aromatic carbocycles. The lowest BCUT2D eigenvalue weighted by Gasteiger charge is -2.22. The van der Waals surface area contributed by atoms with Crippen LogP contribution in [0.5, 0.6) is 0 Å². The van der Waals surface area contributed by atoms with E-state index in [-0.39, 0.29) is 29.0 Å². The summed E-state index contributed by atoms with van der Waals surface area (Å²) in [6, 6.07) is 10.1. The average Bonchev–Trinajstić information content (AvgIpc) is 2.97. The van der Waals surface area contributed by atoms with Crippen LogP contribution in [0, 0.1) is 11.8 Å². The number of carboxylic acids is 1. The summed E-state index contributed by atoms with van der Waals surface area (Å²) in [6.45, 7) is 4.11. The Morgan fingerprint density at radius 2 is 1.96 bits per heavy atom. The number of carboxylic acid groups (broad SMARTS) is 1. The molecule has 0 aliphatic heterocycles. The summed E-state index contributed by atoms with van der Waals surface area (Å²) in [7, 11) is 0. The van der Waals surface area contributed by atoms with Gasteiger partial charge >= 0.3 is 5.97 Å². The van der Waals surface area contributed by atoms with Gasteiger partial charge in [0.05, 0.1) is 11.2 Å². The van der Waals surface area contributed by atoms with Crippen LogP contribution in [0.15, 0.2) is 30.3 Å². The van der Waals surface area contributed by atoms with E-state index >= 15 is 0 Å². The Morgan fingerprint density at radius 3 is 2.52 bits per heavy atom. The van der Waals surface area contributed by atoms with Crippen LogP contribution in [-0.2, 0) is 15.3 Å². The minimum absolute atomic E-state index is 0.00201. The van der Waals surface area contributed by atoms with Crippen LogP contribution in [0.25, 0.3) is 0 Å². The summed E-state index contributed by atoms with van der Waals surface area (Å²) in [4.78, 5) is 23.6. The van der Waals surface area contributed by atoms with Gasteiger partial charge in [-0.2, -0.15) is 0 Å². The van der Waals surface area contributed by atoms with Crippen molar-refractivity contribution in [2.45, 2.75) is 50.2 Å². The number of hydrogen-bond acceptors (Lipinski definition) is 3. The predicted octanol–water partition coefficient (Wildman–Crippen LogP) is 3.31. The van der Waals surface area contributed by atoms with E-state index in [2.05, 4.69) is 31.3 Å². The fraction of sp³-hybridized carbons (Fsp3) is 0.556. The van der Waals surface area contributed by atoms with Gasteiger partial charge in [0.25, 0.3) is 0 Å². The molecule has 23 heavy (non-hydrogen) atoms. The highest BCUT2D eigenvalue weighted by atomic mass is 32.2. The van der Waals surface area contributed by atoms with Crippen molar-refractivity contribution in [1.29, 1.82) is 0 Å². The van der Waals surface area contributed by atoms with Crippen molar-refractivity contribution in [3.8, 4) is 0 Å². The van der Waals surface area contributed by atoms with Crippen LogP contribution in [0.4, 0.5) is 0 Å². The second-order valence-electron chi connectivity index (χ2n) is 6.51. The number of carbonyl (C=O) groups is 2. The molecule has 0 heterocycles. The van der Waals surface area contributed by atoms with Crippen molar-refractivity contribution in [1.82, 2.24) is 5.32 Å². The predicted molar refractivity (Wildman–Crippen MR) is 93.3 cm³/mol. The Kier molecular flexibility index (Phi) is 6.51. The van der Waals surface area contributed by atoms with Crippen LogP contribution < -0.4 is 5.32 Å². The molecule has 0 spiro atoms. The van der Waals surface area contributed by atoms with Crippen LogP contribution in [0.2, 0.25) is 0 Å². The molecule has 0 saturated heterocycles. The molecule has 1 aliphatic rings. The minimum Gasteiger partial charge on any atom is -0.481 e. The van der Waals surface area contributed by atoms with Gasteiger partial charge < -0.3 is 10.4 Å². The zero-order valence-electron chi connectivity index (χ0n) is 13.7. The second kappa shape index (κ2) is 8.39. The highest BCUT2D eigenvalue weighted by Crippen LogP contribution is 2.28. The average molecular weight is 335 g/mol. The third-order valence-corrected chi connectivity index (χ3v) is 5.88. The van der Waals surface area contributed by atoms with Gasteiger partial charge in [0.2, 0.25) is 5.91 Å². The molecule has 1 amide bonds. The molecular weight excluding hydrogens is 310 g/mol. The van der Waals surface area contributed by atoms with Gasteiger partial charge in [0.1, 0.15) is 0 Å². The first kappa shape index (κ1) is 17.9. The smallest absolute Gasteiger partial charge is 0.306 e. The van der Waals surface area contributed by atoms with Crippen molar-refractivity contribution in [2.24, 2.45) is 11.8 Å². The highest BCUT2D eigenvalue weighted by molar-refractivity contribution is 7.99. The summed E-state index contributed by atoms with van der Waals surface area (Å²) in [5.74, 6) is 0.0206. The summed E-state index contributed by atoms with van der Waals surface area (Å²) < 4.78 is 0. The molecule has 0 aromatic heterocycles. The molecule has 1 aliphatic carbocycles. The number of aliphatic carboxylic acids is 1. The third kappa shape index (κ3) is 5.27. The second-order valence-corrected chi connectivity index (χ2v) is 7.64. The lowest BCUT2D eigenvalue weighted by atomic mass is 10.1. The largest absolute Gasteiger partial charge is 0.481 e. The number of benzene rings is 1. The topological polar surface area (TPSA) is 66.4 Å². The lowest BCUT2D eigenvalue weighted by Crippen LogP contribution is -2.41. The van der Waals surface area contributed by atoms with E-state index in [1.165, 1.54) is 5.56 Å². The first-order valence-corrected chi connectivity index (χ1v) is 9.21. The maximum atomic E-state index is 12.6. The van der Waals surface area contributed by atoms with Gasteiger partial charge in [-0.15, -0.1) is 11.8 Å². The fourth-order valence-electron chi connectivity index (χ4n) is 2.95. The Morgan fingerprint density at radius 1 is 1.26 bits per heavy atom. The summed E-state index contributed by atoms with van der Waals surface area (Å²) >= 11 is 1.65. The third-order valence-electron chi connectivity index (χ3n) is 4.26. The molecule has 2 N–H and O–H groups in total. The number of rotatable bonds is 7. The van der Waals surface area contributed by atoms with Gasteiger partial charge in [-0.05, 0) is 30.7 Å². The summed E-state index contributed by atoms with van der Waals surface area (Å²) in [6.07, 6.45) is 1.97. The summed E-state index contributed by atoms with van der Waals surface area (Å²) in [5.41, 5.74) is 1.21. The molecule has 126 valence electrons. The zero-order valence-corrected chi connectivity index (χ0v) is 14.5. The number of amides is 1. The van der Waals surface area contributed by atoms with E-state index < -0.39 is 5.97 Å². The minimum atomic E-state index is -0.749. The van der Waals surface area contributed by atoms with E-state index in [1.807, 2.05) is 18.2 Å². The van der Waals surface area contributed by atoms with Crippen molar-refractivity contribution < 1.29 is 14.7 Å². The first-order chi connectivity index (χ1) is 11.0. The van der Waals surface area contributed by atoms with Crippen LogP contribution in [0.3, 0.4) is 0 Å². The Bertz CT molecular complexity index is 532. The number of hydrogen-bond donors (Lipinski definition) is 2. The molecule has 1 unspecified atom stereocenters. The lowest BCUT2D eigenvalue weighted by molar-refractivity contribution is -0.141. The monoisotopic (exact) mass is 335 g/mol. The molecule has 0 bridgehead atoms. The molecule has 2 rings (SSSR count). The normalized spacial score (nSPS) is 22.0. The quantitative estimate of drug-likeness (QED) is 0.802. The van der Waals surface area contributed by atoms with Crippen molar-refractivity contribution in [3.05, 3.63) is 35.9 Å².